The third-order valence-corrected chi connectivity index (χ3v) is 4.53. The summed E-state index contributed by atoms with van der Waals surface area (Å²) in [7, 11) is 0. The van der Waals surface area contributed by atoms with E-state index in [0.29, 0.717) is 34.7 Å². The monoisotopic (exact) mass is 442 g/mol. The van der Waals surface area contributed by atoms with Gasteiger partial charge in [-0.3, -0.25) is 14.2 Å². The number of nitrogens with one attached hydrogen (secondary N) is 3. The summed E-state index contributed by atoms with van der Waals surface area (Å²) in [4.78, 5) is 41.3. The van der Waals surface area contributed by atoms with E-state index in [4.69, 9.17) is 0 Å². The van der Waals surface area contributed by atoms with Crippen molar-refractivity contribution in [2.75, 3.05) is 16.0 Å². The van der Waals surface area contributed by atoms with Crippen molar-refractivity contribution < 1.29 is 4.79 Å². The smallest absolute Gasteiger partial charge is 0.253 e. The van der Waals surface area contributed by atoms with E-state index in [1.165, 1.54) is 17.0 Å². The van der Waals surface area contributed by atoms with Crippen molar-refractivity contribution in [3.05, 3.63) is 89.0 Å². The van der Waals surface area contributed by atoms with Crippen LogP contribution in [0.2, 0.25) is 0 Å². The highest BCUT2D eigenvalue weighted by atomic mass is 16.2. The van der Waals surface area contributed by atoms with Crippen LogP contribution in [0.4, 0.5) is 28.8 Å². The van der Waals surface area contributed by atoms with Crippen LogP contribution in [0.1, 0.15) is 11.5 Å². The number of carbonyl (C=O) groups excluding carboxylic acids is 1. The maximum absolute atomic E-state index is 12.3. The van der Waals surface area contributed by atoms with Crippen LogP contribution in [0.3, 0.4) is 0 Å². The molecule has 3 aromatic heterocycles. The molecular weight excluding hydrogens is 420 g/mol. The van der Waals surface area contributed by atoms with Crippen LogP contribution >= 0.6 is 0 Å². The van der Waals surface area contributed by atoms with Gasteiger partial charge in [-0.1, -0.05) is 6.07 Å². The number of hydrogen-bond donors (Lipinski definition) is 3. The van der Waals surface area contributed by atoms with Gasteiger partial charge >= 0.3 is 0 Å². The van der Waals surface area contributed by atoms with Gasteiger partial charge in [0.25, 0.3) is 5.56 Å². The van der Waals surface area contributed by atoms with Crippen LogP contribution in [0.25, 0.3) is 0 Å². The fraction of sp³-hybridized carbons (Fsp3) is 0.130. The second-order valence-corrected chi connectivity index (χ2v) is 7.27. The van der Waals surface area contributed by atoms with Crippen molar-refractivity contribution in [2.24, 2.45) is 0 Å². The molecule has 0 atom stereocenters. The Morgan fingerprint density at radius 3 is 2.30 bits per heavy atom. The van der Waals surface area contributed by atoms with Gasteiger partial charge in [0.2, 0.25) is 5.91 Å². The molecule has 3 N–H and O–H groups in total. The summed E-state index contributed by atoms with van der Waals surface area (Å²) in [5, 5.41) is 9.15. The maximum atomic E-state index is 12.3. The van der Waals surface area contributed by atoms with Crippen LogP contribution < -0.4 is 21.5 Å². The Morgan fingerprint density at radius 2 is 1.61 bits per heavy atom. The van der Waals surface area contributed by atoms with Crippen LogP contribution in [0, 0.1) is 13.8 Å². The van der Waals surface area contributed by atoms with E-state index >= 15 is 0 Å². The van der Waals surface area contributed by atoms with Crippen molar-refractivity contribution in [3.63, 3.8) is 0 Å². The lowest BCUT2D eigenvalue weighted by Gasteiger charge is -2.11. The molecule has 10 heteroatoms. The van der Waals surface area contributed by atoms with Crippen LogP contribution in [-0.4, -0.2) is 30.4 Å². The zero-order valence-corrected chi connectivity index (χ0v) is 18.1. The largest absolute Gasteiger partial charge is 0.340 e. The standard InChI is InChI=1S/C23H22N8O2/c1-15-11-23(33)31(14-25-15)13-22(32)29-18-8-6-17(7-9-18)28-20-12-21(27-16(2)26-20)30-19-5-3-4-10-24-19/h3-12,14H,13H2,1-2H3,(H,29,32)(H2,24,26,27,28,30). The molecule has 0 saturated carbocycles. The Labute approximate surface area is 189 Å². The van der Waals surface area contributed by atoms with E-state index in [2.05, 4.69) is 35.9 Å². The zero-order chi connectivity index (χ0) is 23.2. The highest BCUT2D eigenvalue weighted by Gasteiger charge is 2.07. The van der Waals surface area contributed by atoms with E-state index < -0.39 is 0 Å². The first-order valence-electron chi connectivity index (χ1n) is 10.2. The van der Waals surface area contributed by atoms with Crippen molar-refractivity contribution in [3.8, 4) is 0 Å². The van der Waals surface area contributed by atoms with Gasteiger partial charge in [0.05, 0.1) is 6.33 Å². The van der Waals surface area contributed by atoms with Gasteiger partial charge in [-0.25, -0.2) is 19.9 Å². The third kappa shape index (κ3) is 5.97. The van der Waals surface area contributed by atoms with Crippen molar-refractivity contribution in [2.45, 2.75) is 20.4 Å². The van der Waals surface area contributed by atoms with Crippen molar-refractivity contribution in [1.82, 2.24) is 24.5 Å². The molecule has 0 unspecified atom stereocenters. The lowest BCUT2D eigenvalue weighted by atomic mass is 10.2. The highest BCUT2D eigenvalue weighted by Crippen LogP contribution is 2.21. The number of benzene rings is 1. The van der Waals surface area contributed by atoms with Gasteiger partial charge in [0.1, 0.15) is 29.8 Å². The third-order valence-electron chi connectivity index (χ3n) is 4.53. The molecule has 166 valence electrons. The summed E-state index contributed by atoms with van der Waals surface area (Å²) in [6, 6.07) is 15.9. The molecule has 10 nitrogen and oxygen atoms in total. The first-order chi connectivity index (χ1) is 15.9. The second kappa shape index (κ2) is 9.69. The Kier molecular flexibility index (Phi) is 6.35. The van der Waals surface area contributed by atoms with Crippen LogP contribution in [0.15, 0.2) is 71.9 Å². The fourth-order valence-electron chi connectivity index (χ4n) is 3.04. The van der Waals surface area contributed by atoms with E-state index in [-0.39, 0.29) is 18.0 Å². The molecule has 4 rings (SSSR count). The number of pyridine rings is 1. The quantitative estimate of drug-likeness (QED) is 0.398. The molecule has 4 aromatic rings. The van der Waals surface area contributed by atoms with Gasteiger partial charge in [-0.05, 0) is 50.2 Å². The normalized spacial score (nSPS) is 10.5. The minimum absolute atomic E-state index is 0.113. The molecule has 0 fully saturated rings. The van der Waals surface area contributed by atoms with Crippen molar-refractivity contribution >= 4 is 34.7 Å². The molecule has 0 aliphatic heterocycles. The van der Waals surface area contributed by atoms with E-state index in [1.807, 2.05) is 37.3 Å². The van der Waals surface area contributed by atoms with Gasteiger partial charge in [-0.15, -0.1) is 0 Å². The molecule has 0 saturated heterocycles. The Balaban J connectivity index is 1.39. The predicted octanol–water partition coefficient (Wildman–Crippen LogP) is 3.17. The van der Waals surface area contributed by atoms with Crippen molar-refractivity contribution in [1.29, 1.82) is 0 Å². The summed E-state index contributed by atoms with van der Waals surface area (Å²) < 4.78 is 1.26. The summed E-state index contributed by atoms with van der Waals surface area (Å²) in [6.45, 7) is 3.42. The molecular formula is C23H22N8O2. The van der Waals surface area contributed by atoms with Crippen LogP contribution in [-0.2, 0) is 11.3 Å². The lowest BCUT2D eigenvalue weighted by molar-refractivity contribution is -0.116. The second-order valence-electron chi connectivity index (χ2n) is 7.27. The van der Waals surface area contributed by atoms with Crippen LogP contribution in [0.5, 0.6) is 0 Å². The molecule has 33 heavy (non-hydrogen) atoms. The average molecular weight is 442 g/mol. The fourth-order valence-corrected chi connectivity index (χ4v) is 3.04. The Bertz CT molecular complexity index is 1320. The number of nitrogens with zero attached hydrogens (tertiary/aromatic N) is 5. The molecule has 0 spiro atoms. The Hall–Kier alpha value is -4.60. The van der Waals surface area contributed by atoms with E-state index in [0.717, 1.165) is 5.69 Å². The number of rotatable bonds is 7. The zero-order valence-electron chi connectivity index (χ0n) is 18.1. The molecule has 1 aromatic carbocycles. The van der Waals surface area contributed by atoms with E-state index in [9.17, 15) is 9.59 Å². The molecule has 0 aliphatic rings. The highest BCUT2D eigenvalue weighted by molar-refractivity contribution is 5.90. The average Bonchev–Trinajstić information content (AvgIpc) is 2.77. The van der Waals surface area contributed by atoms with Gasteiger partial charge in [0.15, 0.2) is 0 Å². The van der Waals surface area contributed by atoms with E-state index in [1.54, 1.807) is 31.3 Å². The number of amides is 1. The summed E-state index contributed by atoms with van der Waals surface area (Å²) in [5.41, 5.74) is 1.73. The minimum Gasteiger partial charge on any atom is -0.340 e. The molecule has 0 aliphatic carbocycles. The first-order valence-corrected chi connectivity index (χ1v) is 10.2. The number of hydrogen-bond acceptors (Lipinski definition) is 8. The molecule has 3 heterocycles. The first kappa shape index (κ1) is 21.6. The molecule has 0 bridgehead atoms. The molecule has 1 amide bonds. The topological polar surface area (TPSA) is 127 Å². The van der Waals surface area contributed by atoms with Gasteiger partial charge < -0.3 is 16.0 Å². The Morgan fingerprint density at radius 1 is 0.879 bits per heavy atom. The predicted molar refractivity (Wildman–Crippen MR) is 126 cm³/mol. The summed E-state index contributed by atoms with van der Waals surface area (Å²) in [5.74, 6) is 2.20. The number of aryl methyl sites for hydroxylation is 2. The van der Waals surface area contributed by atoms with Gasteiger partial charge in [0, 0.05) is 35.4 Å². The van der Waals surface area contributed by atoms with Gasteiger partial charge in [-0.2, -0.15) is 0 Å². The molecule has 0 radical (unpaired) electrons. The number of aromatic nitrogens is 5. The summed E-state index contributed by atoms with van der Waals surface area (Å²) in [6.07, 6.45) is 3.07. The SMILES string of the molecule is Cc1cc(=O)n(CC(=O)Nc2ccc(Nc3cc(Nc4ccccn4)nc(C)n3)cc2)cn1. The number of anilines is 5. The summed E-state index contributed by atoms with van der Waals surface area (Å²) >= 11 is 0. The lowest BCUT2D eigenvalue weighted by Crippen LogP contribution is -2.27. The number of carbonyl (C=O) groups is 1. The minimum atomic E-state index is -0.319. The maximum Gasteiger partial charge on any atom is 0.253 e.